The molecule has 0 aliphatic carbocycles. The number of hydrogen-bond acceptors (Lipinski definition) is 2. The highest BCUT2D eigenvalue weighted by Gasteiger charge is 2.33. The van der Waals surface area contributed by atoms with Crippen molar-refractivity contribution in [2.45, 2.75) is 25.7 Å². The number of nitrogens with zero attached hydrogens (tertiary/aromatic N) is 2. The Bertz CT molecular complexity index is 973. The Morgan fingerprint density at radius 1 is 1.28 bits per heavy atom. The molecule has 3 nitrogen and oxygen atoms in total. The molecule has 29 heavy (non-hydrogen) atoms. The maximum Gasteiger partial charge on any atom is 0.222 e. The number of carbonyl (C=O) groups excluding carboxylic acids is 1. The largest absolute Gasteiger partial charge is 0.345 e. The lowest BCUT2D eigenvalue weighted by atomic mass is 9.82. The molecule has 2 aromatic carbocycles. The fourth-order valence-electron chi connectivity index (χ4n) is 3.92. The van der Waals surface area contributed by atoms with E-state index in [0.29, 0.717) is 42.5 Å². The molecule has 0 saturated carbocycles. The Morgan fingerprint density at radius 2 is 2.03 bits per heavy atom. The topological polar surface area (TPSA) is 44.1 Å². The second-order valence-corrected chi connectivity index (χ2v) is 7.94. The van der Waals surface area contributed by atoms with Crippen molar-refractivity contribution in [1.29, 1.82) is 5.26 Å². The van der Waals surface area contributed by atoms with Gasteiger partial charge < -0.3 is 4.90 Å². The van der Waals surface area contributed by atoms with E-state index >= 15 is 0 Å². The van der Waals surface area contributed by atoms with Crippen LogP contribution < -0.4 is 0 Å². The number of likely N-dealkylation sites (tertiary alicyclic amines) is 1. The molecule has 0 spiro atoms. The highest BCUT2D eigenvalue weighted by molar-refractivity contribution is 6.31. The first-order valence-corrected chi connectivity index (χ1v) is 9.72. The Balaban J connectivity index is 1.81. The van der Waals surface area contributed by atoms with Crippen LogP contribution in [0.4, 0.5) is 13.2 Å². The average molecular weight is 421 g/mol. The first kappa shape index (κ1) is 21.2. The fourth-order valence-corrected chi connectivity index (χ4v) is 4.16. The third-order valence-electron chi connectivity index (χ3n) is 5.55. The zero-order valence-electron chi connectivity index (χ0n) is 15.9. The van der Waals surface area contributed by atoms with Crippen LogP contribution in [0, 0.1) is 40.6 Å². The molecule has 2 atom stereocenters. The van der Waals surface area contributed by atoms with E-state index < -0.39 is 17.5 Å². The minimum atomic E-state index is -1.21. The molecule has 2 unspecified atom stereocenters. The van der Waals surface area contributed by atoms with Crippen LogP contribution >= 0.6 is 11.6 Å². The van der Waals surface area contributed by atoms with Gasteiger partial charge >= 0.3 is 0 Å². The summed E-state index contributed by atoms with van der Waals surface area (Å²) in [5.74, 6) is -3.25. The van der Waals surface area contributed by atoms with E-state index in [1.807, 2.05) is 6.07 Å². The molecular weight excluding hydrogens is 401 g/mol. The van der Waals surface area contributed by atoms with Crippen molar-refractivity contribution in [3.63, 3.8) is 0 Å². The van der Waals surface area contributed by atoms with E-state index in [0.717, 1.165) is 11.6 Å². The summed E-state index contributed by atoms with van der Waals surface area (Å²) in [4.78, 5) is 13.6. The summed E-state index contributed by atoms with van der Waals surface area (Å²) in [6.07, 6.45) is 1.64. The number of aryl methyl sites for hydroxylation is 1. The number of hydrogen-bond donors (Lipinski definition) is 0. The average Bonchev–Trinajstić information content (AvgIpc) is 3.01. The molecule has 7 heteroatoms. The van der Waals surface area contributed by atoms with Crippen molar-refractivity contribution < 1.29 is 18.0 Å². The second kappa shape index (κ2) is 8.87. The molecule has 152 valence electrons. The van der Waals surface area contributed by atoms with Crippen LogP contribution in [0.2, 0.25) is 5.02 Å². The number of rotatable bonds is 6. The van der Waals surface area contributed by atoms with Crippen LogP contribution in [-0.4, -0.2) is 24.4 Å². The monoisotopic (exact) mass is 420 g/mol. The summed E-state index contributed by atoms with van der Waals surface area (Å²) >= 11 is 6.09. The van der Waals surface area contributed by atoms with Gasteiger partial charge in [0.25, 0.3) is 0 Å². The van der Waals surface area contributed by atoms with Crippen LogP contribution in [0.5, 0.6) is 0 Å². The Morgan fingerprint density at radius 3 is 2.66 bits per heavy atom. The van der Waals surface area contributed by atoms with E-state index in [-0.39, 0.29) is 29.7 Å². The minimum Gasteiger partial charge on any atom is -0.345 e. The van der Waals surface area contributed by atoms with Gasteiger partial charge in [-0.25, -0.2) is 13.2 Å². The van der Waals surface area contributed by atoms with Gasteiger partial charge in [0.2, 0.25) is 5.91 Å². The van der Waals surface area contributed by atoms with E-state index in [9.17, 15) is 18.0 Å². The summed E-state index contributed by atoms with van der Waals surface area (Å²) in [5, 5.41) is 9.34. The lowest BCUT2D eigenvalue weighted by Gasteiger charge is -2.24. The fraction of sp³-hybridized carbons (Fsp3) is 0.364. The van der Waals surface area contributed by atoms with E-state index in [4.69, 9.17) is 16.9 Å². The normalized spacial score (nSPS) is 17.4. The molecule has 1 saturated heterocycles. The predicted molar refractivity (Wildman–Crippen MR) is 104 cm³/mol. The predicted octanol–water partition coefficient (Wildman–Crippen LogP) is 4.90. The van der Waals surface area contributed by atoms with E-state index in [1.165, 1.54) is 0 Å². The third-order valence-corrected chi connectivity index (χ3v) is 5.86. The standard InChI is InChI=1S/C22H20ClF3N2O/c1-28-12-17(9-21(28)29)14(7-16-8-18(24)10-20(25)22(16)26)4-2-13-3-5-15(11-27)19(23)6-13/h3,5-6,8,10,14,17H,2,4,7,9,12H2,1H3. The summed E-state index contributed by atoms with van der Waals surface area (Å²) in [6, 6.07) is 8.70. The maximum atomic E-state index is 14.2. The van der Waals surface area contributed by atoms with Gasteiger partial charge in [0.1, 0.15) is 11.9 Å². The first-order chi connectivity index (χ1) is 13.8. The molecule has 2 aromatic rings. The highest BCUT2D eigenvalue weighted by atomic mass is 35.5. The van der Waals surface area contributed by atoms with Gasteiger partial charge in [-0.3, -0.25) is 4.79 Å². The molecule has 0 radical (unpaired) electrons. The molecule has 3 rings (SSSR count). The van der Waals surface area contributed by atoms with Crippen molar-refractivity contribution in [2.24, 2.45) is 11.8 Å². The molecule has 1 aliphatic heterocycles. The molecular formula is C22H20ClF3N2O. The minimum absolute atomic E-state index is 0.00677. The zero-order valence-corrected chi connectivity index (χ0v) is 16.6. The van der Waals surface area contributed by atoms with E-state index in [2.05, 4.69) is 0 Å². The van der Waals surface area contributed by atoms with Gasteiger partial charge in [-0.2, -0.15) is 5.26 Å². The molecule has 1 fully saturated rings. The van der Waals surface area contributed by atoms with Crippen molar-refractivity contribution in [3.8, 4) is 6.07 Å². The highest BCUT2D eigenvalue weighted by Crippen LogP contribution is 2.32. The molecule has 1 amide bonds. The summed E-state index contributed by atoms with van der Waals surface area (Å²) in [6.45, 7) is 0.525. The molecule has 0 aromatic heterocycles. The molecule has 0 bridgehead atoms. The summed E-state index contributed by atoms with van der Waals surface area (Å²) in [5.41, 5.74) is 1.27. The molecule has 1 aliphatic rings. The van der Waals surface area contributed by atoms with Crippen LogP contribution in [0.3, 0.4) is 0 Å². The van der Waals surface area contributed by atoms with Gasteiger partial charge in [-0.1, -0.05) is 17.7 Å². The van der Waals surface area contributed by atoms with Gasteiger partial charge in [0.15, 0.2) is 11.6 Å². The lowest BCUT2D eigenvalue weighted by Crippen LogP contribution is -2.23. The third kappa shape index (κ3) is 4.91. The van der Waals surface area contributed by atoms with Crippen molar-refractivity contribution in [1.82, 2.24) is 4.90 Å². The Hall–Kier alpha value is -2.52. The number of halogens is 4. The second-order valence-electron chi connectivity index (χ2n) is 7.53. The van der Waals surface area contributed by atoms with Gasteiger partial charge in [0, 0.05) is 26.1 Å². The van der Waals surface area contributed by atoms with Crippen molar-refractivity contribution in [3.05, 3.63) is 69.5 Å². The SMILES string of the molecule is CN1CC(C(CCc2ccc(C#N)c(Cl)c2)Cc2cc(F)cc(F)c2F)CC1=O. The molecule has 0 N–H and O–H groups in total. The quantitative estimate of drug-likeness (QED) is 0.624. The zero-order chi connectivity index (χ0) is 21.1. The maximum absolute atomic E-state index is 14.2. The van der Waals surface area contributed by atoms with Crippen molar-refractivity contribution >= 4 is 17.5 Å². The van der Waals surface area contributed by atoms with Crippen molar-refractivity contribution in [2.75, 3.05) is 13.6 Å². The first-order valence-electron chi connectivity index (χ1n) is 9.34. The van der Waals surface area contributed by atoms with E-state index in [1.54, 1.807) is 30.1 Å². The lowest BCUT2D eigenvalue weighted by molar-refractivity contribution is -0.126. The molecule has 1 heterocycles. The number of amides is 1. The smallest absolute Gasteiger partial charge is 0.222 e. The van der Waals surface area contributed by atoms with Crippen LogP contribution in [0.15, 0.2) is 30.3 Å². The Kier molecular flexibility index (Phi) is 6.49. The van der Waals surface area contributed by atoms with Crippen LogP contribution in [0.25, 0.3) is 0 Å². The summed E-state index contributed by atoms with van der Waals surface area (Å²) in [7, 11) is 1.71. The van der Waals surface area contributed by atoms with Crippen LogP contribution in [-0.2, 0) is 17.6 Å². The van der Waals surface area contributed by atoms with Gasteiger partial charge in [-0.05, 0) is 60.4 Å². The van der Waals surface area contributed by atoms with Gasteiger partial charge in [0.05, 0.1) is 10.6 Å². The van der Waals surface area contributed by atoms with Crippen LogP contribution in [0.1, 0.15) is 29.5 Å². The number of nitriles is 1. The summed E-state index contributed by atoms with van der Waals surface area (Å²) < 4.78 is 41.5. The number of benzene rings is 2. The van der Waals surface area contributed by atoms with Gasteiger partial charge in [-0.15, -0.1) is 0 Å². The number of carbonyl (C=O) groups is 1. The Labute approximate surface area is 172 Å².